The standard InChI is InChI=1S/C13H7NS/c14-9-12-4-1-11(2-5-12)3-6-13-7-8-15-10-13/h1-2,4-5,7-8,10H. The van der Waals surface area contributed by atoms with Crippen LogP contribution in [0.4, 0.5) is 0 Å². The Labute approximate surface area is 92.6 Å². The Hall–Kier alpha value is -2.03. The van der Waals surface area contributed by atoms with Crippen molar-refractivity contribution >= 4 is 11.3 Å². The average molecular weight is 209 g/mol. The molecule has 0 radical (unpaired) electrons. The van der Waals surface area contributed by atoms with Gasteiger partial charge in [0, 0.05) is 16.5 Å². The van der Waals surface area contributed by atoms with Crippen molar-refractivity contribution in [1.82, 2.24) is 0 Å². The molecular weight excluding hydrogens is 202 g/mol. The van der Waals surface area contributed by atoms with Crippen molar-refractivity contribution in [3.63, 3.8) is 0 Å². The fourth-order valence-corrected chi connectivity index (χ4v) is 1.70. The minimum Gasteiger partial charge on any atom is -0.192 e. The van der Waals surface area contributed by atoms with Gasteiger partial charge in [-0.3, -0.25) is 0 Å². The van der Waals surface area contributed by atoms with Crippen LogP contribution in [0.1, 0.15) is 16.7 Å². The van der Waals surface area contributed by atoms with E-state index in [9.17, 15) is 0 Å². The fourth-order valence-electron chi connectivity index (χ4n) is 1.11. The number of nitriles is 1. The van der Waals surface area contributed by atoms with E-state index in [4.69, 9.17) is 5.26 Å². The third kappa shape index (κ3) is 2.47. The van der Waals surface area contributed by atoms with Crippen molar-refractivity contribution in [2.75, 3.05) is 0 Å². The topological polar surface area (TPSA) is 23.8 Å². The zero-order valence-electron chi connectivity index (χ0n) is 7.90. The lowest BCUT2D eigenvalue weighted by Gasteiger charge is -1.89. The van der Waals surface area contributed by atoms with Crippen LogP contribution in [0.15, 0.2) is 41.1 Å². The first kappa shape index (κ1) is 9.52. The van der Waals surface area contributed by atoms with Gasteiger partial charge in [0.1, 0.15) is 0 Å². The van der Waals surface area contributed by atoms with E-state index in [0.717, 1.165) is 11.1 Å². The largest absolute Gasteiger partial charge is 0.192 e. The van der Waals surface area contributed by atoms with E-state index in [0.29, 0.717) is 5.56 Å². The molecule has 0 unspecified atom stereocenters. The maximum absolute atomic E-state index is 8.62. The molecule has 70 valence electrons. The number of thiophene rings is 1. The molecule has 0 spiro atoms. The molecule has 2 aromatic rings. The molecule has 0 atom stereocenters. The normalized spacial score (nSPS) is 8.73. The Balaban J connectivity index is 2.22. The van der Waals surface area contributed by atoms with Gasteiger partial charge in [0.25, 0.3) is 0 Å². The van der Waals surface area contributed by atoms with Crippen LogP contribution < -0.4 is 0 Å². The van der Waals surface area contributed by atoms with E-state index < -0.39 is 0 Å². The number of rotatable bonds is 0. The van der Waals surface area contributed by atoms with Gasteiger partial charge in [-0.2, -0.15) is 16.6 Å². The molecule has 0 aliphatic rings. The first-order valence-electron chi connectivity index (χ1n) is 4.43. The average Bonchev–Trinajstić information content (AvgIpc) is 2.80. The molecule has 0 fully saturated rings. The summed E-state index contributed by atoms with van der Waals surface area (Å²) in [4.78, 5) is 0. The summed E-state index contributed by atoms with van der Waals surface area (Å²) >= 11 is 1.64. The summed E-state index contributed by atoms with van der Waals surface area (Å²) in [6.07, 6.45) is 0. The molecule has 1 aromatic carbocycles. The number of hydrogen-bond acceptors (Lipinski definition) is 2. The molecule has 0 saturated heterocycles. The van der Waals surface area contributed by atoms with Gasteiger partial charge in [0.15, 0.2) is 0 Å². The third-order valence-electron chi connectivity index (χ3n) is 1.89. The van der Waals surface area contributed by atoms with E-state index in [2.05, 4.69) is 17.9 Å². The molecule has 0 saturated carbocycles. The first-order valence-corrected chi connectivity index (χ1v) is 5.37. The van der Waals surface area contributed by atoms with Crippen LogP contribution in [0.5, 0.6) is 0 Å². The van der Waals surface area contributed by atoms with Crippen LogP contribution in [-0.4, -0.2) is 0 Å². The molecule has 2 heteroatoms. The Morgan fingerprint density at radius 2 is 1.53 bits per heavy atom. The Bertz CT molecular complexity index is 533. The second-order valence-corrected chi connectivity index (χ2v) is 3.73. The molecule has 0 bridgehead atoms. The fraction of sp³-hybridized carbons (Fsp3) is 0. The van der Waals surface area contributed by atoms with Gasteiger partial charge in [-0.05, 0) is 35.7 Å². The SMILES string of the molecule is N#Cc1ccc(C#Cc2ccsc2)cc1. The molecule has 0 amide bonds. The number of benzene rings is 1. The summed E-state index contributed by atoms with van der Waals surface area (Å²) in [5.74, 6) is 6.10. The molecule has 1 nitrogen and oxygen atoms in total. The van der Waals surface area contributed by atoms with E-state index >= 15 is 0 Å². The summed E-state index contributed by atoms with van der Waals surface area (Å²) in [5, 5.41) is 12.6. The Morgan fingerprint density at radius 1 is 0.867 bits per heavy atom. The highest BCUT2D eigenvalue weighted by molar-refractivity contribution is 7.08. The Kier molecular flexibility index (Phi) is 2.83. The van der Waals surface area contributed by atoms with Crippen molar-refractivity contribution in [3.05, 3.63) is 57.8 Å². The second-order valence-electron chi connectivity index (χ2n) is 2.95. The van der Waals surface area contributed by atoms with Crippen molar-refractivity contribution in [2.24, 2.45) is 0 Å². The monoisotopic (exact) mass is 209 g/mol. The molecule has 1 heterocycles. The van der Waals surface area contributed by atoms with Gasteiger partial charge in [0.2, 0.25) is 0 Å². The van der Waals surface area contributed by atoms with Crippen molar-refractivity contribution < 1.29 is 0 Å². The lowest BCUT2D eigenvalue weighted by atomic mass is 10.1. The predicted octanol–water partition coefficient (Wildman–Crippen LogP) is 3.02. The quantitative estimate of drug-likeness (QED) is 0.612. The van der Waals surface area contributed by atoms with Crippen LogP contribution >= 0.6 is 11.3 Å². The molecular formula is C13H7NS. The highest BCUT2D eigenvalue weighted by atomic mass is 32.1. The molecule has 0 aliphatic heterocycles. The summed E-state index contributed by atoms with van der Waals surface area (Å²) in [5.41, 5.74) is 2.63. The molecule has 1 aromatic heterocycles. The van der Waals surface area contributed by atoms with Crippen molar-refractivity contribution in [1.29, 1.82) is 5.26 Å². The van der Waals surface area contributed by atoms with Gasteiger partial charge < -0.3 is 0 Å². The third-order valence-corrected chi connectivity index (χ3v) is 2.57. The molecule has 0 aliphatic carbocycles. The van der Waals surface area contributed by atoms with Crippen LogP contribution in [0.25, 0.3) is 0 Å². The van der Waals surface area contributed by atoms with E-state index in [1.165, 1.54) is 0 Å². The Morgan fingerprint density at radius 3 is 2.13 bits per heavy atom. The van der Waals surface area contributed by atoms with Crippen LogP contribution in [0, 0.1) is 23.2 Å². The maximum Gasteiger partial charge on any atom is 0.0991 e. The first-order chi connectivity index (χ1) is 7.38. The van der Waals surface area contributed by atoms with Crippen molar-refractivity contribution in [2.45, 2.75) is 0 Å². The number of hydrogen-bond donors (Lipinski definition) is 0. The van der Waals surface area contributed by atoms with Gasteiger partial charge in [0.05, 0.1) is 11.6 Å². The van der Waals surface area contributed by atoms with Gasteiger partial charge >= 0.3 is 0 Å². The van der Waals surface area contributed by atoms with Crippen LogP contribution in [-0.2, 0) is 0 Å². The maximum atomic E-state index is 8.62. The highest BCUT2D eigenvalue weighted by Gasteiger charge is 1.89. The van der Waals surface area contributed by atoms with Crippen LogP contribution in [0.3, 0.4) is 0 Å². The lowest BCUT2D eigenvalue weighted by molar-refractivity contribution is 1.48. The summed E-state index contributed by atoms with van der Waals surface area (Å²) < 4.78 is 0. The van der Waals surface area contributed by atoms with Gasteiger partial charge in [-0.25, -0.2) is 0 Å². The van der Waals surface area contributed by atoms with E-state index in [1.54, 1.807) is 23.5 Å². The summed E-state index contributed by atoms with van der Waals surface area (Å²) in [6.45, 7) is 0. The zero-order chi connectivity index (χ0) is 10.5. The molecule has 2 rings (SSSR count). The van der Waals surface area contributed by atoms with Gasteiger partial charge in [-0.1, -0.05) is 11.8 Å². The summed E-state index contributed by atoms with van der Waals surface area (Å²) in [7, 11) is 0. The zero-order valence-corrected chi connectivity index (χ0v) is 8.71. The van der Waals surface area contributed by atoms with Crippen LogP contribution in [0.2, 0.25) is 0 Å². The van der Waals surface area contributed by atoms with Gasteiger partial charge in [-0.15, -0.1) is 0 Å². The minimum absolute atomic E-state index is 0.663. The second kappa shape index (κ2) is 4.46. The van der Waals surface area contributed by atoms with E-state index in [1.807, 2.05) is 29.0 Å². The molecule has 15 heavy (non-hydrogen) atoms. The van der Waals surface area contributed by atoms with E-state index in [-0.39, 0.29) is 0 Å². The molecule has 0 N–H and O–H groups in total. The minimum atomic E-state index is 0.663. The highest BCUT2D eigenvalue weighted by Crippen LogP contribution is 2.05. The smallest absolute Gasteiger partial charge is 0.0991 e. The lowest BCUT2D eigenvalue weighted by Crippen LogP contribution is -1.76. The number of nitrogens with zero attached hydrogens (tertiary/aromatic N) is 1. The summed E-state index contributed by atoms with van der Waals surface area (Å²) in [6, 6.07) is 11.3. The predicted molar refractivity (Wildman–Crippen MR) is 61.5 cm³/mol. The van der Waals surface area contributed by atoms with Crippen molar-refractivity contribution in [3.8, 4) is 17.9 Å².